The van der Waals surface area contributed by atoms with Crippen molar-refractivity contribution < 1.29 is 0 Å². The third-order valence-corrected chi connectivity index (χ3v) is 5.86. The van der Waals surface area contributed by atoms with E-state index in [1.807, 2.05) is 30.5 Å². The minimum Gasteiger partial charge on any atom is -0.356 e. The number of hydrogen-bond acceptors (Lipinski definition) is 6. The molecule has 6 nitrogen and oxygen atoms in total. The molecule has 2 saturated heterocycles. The van der Waals surface area contributed by atoms with Crippen LogP contribution in [0.1, 0.15) is 11.3 Å². The molecule has 0 N–H and O–H groups in total. The van der Waals surface area contributed by atoms with Crippen LogP contribution in [0, 0.1) is 25.7 Å². The molecule has 132 valence electrons. The van der Waals surface area contributed by atoms with Gasteiger partial charge in [-0.1, -0.05) is 12.1 Å². The molecule has 2 fully saturated rings. The minimum absolute atomic E-state index is 0.651. The van der Waals surface area contributed by atoms with E-state index in [-0.39, 0.29) is 0 Å². The molecule has 0 spiro atoms. The van der Waals surface area contributed by atoms with Crippen LogP contribution in [0.15, 0.2) is 36.8 Å². The van der Waals surface area contributed by atoms with Crippen molar-refractivity contribution in [2.75, 3.05) is 36.0 Å². The highest BCUT2D eigenvalue weighted by Crippen LogP contribution is 2.36. The van der Waals surface area contributed by atoms with Crippen LogP contribution < -0.4 is 9.80 Å². The van der Waals surface area contributed by atoms with Crippen LogP contribution >= 0.6 is 0 Å². The van der Waals surface area contributed by atoms with Crippen LogP contribution in [0.2, 0.25) is 0 Å². The molecule has 0 radical (unpaired) electrons. The van der Waals surface area contributed by atoms with Gasteiger partial charge in [0.15, 0.2) is 0 Å². The van der Waals surface area contributed by atoms with E-state index in [0.717, 1.165) is 54.5 Å². The lowest BCUT2D eigenvalue weighted by atomic mass is 10.0. The molecule has 2 aliphatic heterocycles. The first kappa shape index (κ1) is 15.5. The van der Waals surface area contributed by atoms with E-state index >= 15 is 0 Å². The van der Waals surface area contributed by atoms with E-state index < -0.39 is 0 Å². The molecule has 4 heterocycles. The van der Waals surface area contributed by atoms with E-state index in [0.29, 0.717) is 11.8 Å². The summed E-state index contributed by atoms with van der Waals surface area (Å²) in [6, 6.07) is 8.06. The SMILES string of the molecule is Cc1ncnc(N2CC3CN(c4cnc5ccccc5n4)CC3C2)c1C. The number of fused-ring (bicyclic) bond motifs is 2. The van der Waals surface area contributed by atoms with Crippen molar-refractivity contribution in [1.29, 1.82) is 0 Å². The van der Waals surface area contributed by atoms with Crippen molar-refractivity contribution in [3.63, 3.8) is 0 Å². The van der Waals surface area contributed by atoms with Gasteiger partial charge in [-0.15, -0.1) is 0 Å². The molecule has 2 aromatic heterocycles. The van der Waals surface area contributed by atoms with Crippen molar-refractivity contribution >= 4 is 22.7 Å². The van der Waals surface area contributed by atoms with Crippen molar-refractivity contribution in [2.45, 2.75) is 13.8 Å². The third-order valence-electron chi connectivity index (χ3n) is 5.86. The molecule has 0 bridgehead atoms. The Morgan fingerprint density at radius 1 is 0.846 bits per heavy atom. The normalized spacial score (nSPS) is 22.2. The quantitative estimate of drug-likeness (QED) is 0.711. The van der Waals surface area contributed by atoms with Crippen LogP contribution in [-0.4, -0.2) is 46.1 Å². The summed E-state index contributed by atoms with van der Waals surface area (Å²) in [4.78, 5) is 23.1. The van der Waals surface area contributed by atoms with Gasteiger partial charge in [-0.05, 0) is 26.0 Å². The van der Waals surface area contributed by atoms with E-state index in [9.17, 15) is 0 Å². The molecular formula is C20H22N6. The summed E-state index contributed by atoms with van der Waals surface area (Å²) in [5.74, 6) is 3.40. The van der Waals surface area contributed by atoms with Crippen molar-refractivity contribution in [2.24, 2.45) is 11.8 Å². The molecule has 6 heteroatoms. The van der Waals surface area contributed by atoms with Gasteiger partial charge >= 0.3 is 0 Å². The summed E-state index contributed by atoms with van der Waals surface area (Å²) in [5, 5.41) is 0. The lowest BCUT2D eigenvalue weighted by Crippen LogP contribution is -2.30. The molecule has 26 heavy (non-hydrogen) atoms. The summed E-state index contributed by atoms with van der Waals surface area (Å²) >= 11 is 0. The molecule has 0 aliphatic carbocycles. The van der Waals surface area contributed by atoms with Crippen molar-refractivity contribution in [3.05, 3.63) is 48.0 Å². The third kappa shape index (κ3) is 2.48. The Labute approximate surface area is 152 Å². The van der Waals surface area contributed by atoms with Gasteiger partial charge in [0.25, 0.3) is 0 Å². The molecule has 5 rings (SSSR count). The maximum Gasteiger partial charge on any atom is 0.147 e. The summed E-state index contributed by atoms with van der Waals surface area (Å²) in [7, 11) is 0. The smallest absolute Gasteiger partial charge is 0.147 e. The first-order chi connectivity index (χ1) is 12.7. The summed E-state index contributed by atoms with van der Waals surface area (Å²) in [6.07, 6.45) is 3.60. The molecule has 0 saturated carbocycles. The fraction of sp³-hybridized carbons (Fsp3) is 0.400. The number of benzene rings is 1. The Morgan fingerprint density at radius 2 is 1.54 bits per heavy atom. The van der Waals surface area contributed by atoms with Crippen LogP contribution in [0.3, 0.4) is 0 Å². The number of nitrogens with zero attached hydrogens (tertiary/aromatic N) is 6. The number of aryl methyl sites for hydroxylation is 1. The topological polar surface area (TPSA) is 58.0 Å². The summed E-state index contributed by atoms with van der Waals surface area (Å²) in [5.41, 5.74) is 4.19. The van der Waals surface area contributed by atoms with Gasteiger partial charge in [0.2, 0.25) is 0 Å². The number of rotatable bonds is 2. The molecule has 1 aromatic carbocycles. The zero-order valence-electron chi connectivity index (χ0n) is 15.1. The highest BCUT2D eigenvalue weighted by Gasteiger charge is 2.41. The van der Waals surface area contributed by atoms with Crippen LogP contribution in [0.5, 0.6) is 0 Å². The standard InChI is InChI=1S/C20H22N6/c1-13-14(2)22-12-23-20(13)26-10-15-8-25(9-16(15)11-26)19-7-21-17-5-3-4-6-18(17)24-19/h3-7,12,15-16H,8-11H2,1-2H3. The Bertz CT molecular complexity index is 957. The maximum absolute atomic E-state index is 4.82. The minimum atomic E-state index is 0.651. The Balaban J connectivity index is 1.34. The fourth-order valence-electron chi connectivity index (χ4n) is 4.30. The second kappa shape index (κ2) is 5.90. The van der Waals surface area contributed by atoms with Gasteiger partial charge in [-0.3, -0.25) is 4.98 Å². The molecule has 2 unspecified atom stereocenters. The predicted molar refractivity (Wildman–Crippen MR) is 102 cm³/mol. The number of aromatic nitrogens is 4. The average molecular weight is 346 g/mol. The Morgan fingerprint density at radius 3 is 2.31 bits per heavy atom. The molecule has 0 amide bonds. The Kier molecular flexibility index (Phi) is 3.51. The van der Waals surface area contributed by atoms with Gasteiger partial charge in [0, 0.05) is 49.3 Å². The van der Waals surface area contributed by atoms with Gasteiger partial charge in [-0.25, -0.2) is 15.0 Å². The number of hydrogen-bond donors (Lipinski definition) is 0. The van der Waals surface area contributed by atoms with Crippen LogP contribution in [0.25, 0.3) is 11.0 Å². The van der Waals surface area contributed by atoms with Gasteiger partial charge in [0.05, 0.1) is 17.2 Å². The van der Waals surface area contributed by atoms with Crippen molar-refractivity contribution in [1.82, 2.24) is 19.9 Å². The van der Waals surface area contributed by atoms with E-state index in [1.165, 1.54) is 5.56 Å². The van der Waals surface area contributed by atoms with Gasteiger partial charge in [0.1, 0.15) is 18.0 Å². The van der Waals surface area contributed by atoms with Crippen LogP contribution in [0.4, 0.5) is 11.6 Å². The van der Waals surface area contributed by atoms with E-state index in [2.05, 4.69) is 38.6 Å². The average Bonchev–Trinajstić information content (AvgIpc) is 3.23. The number of anilines is 2. The lowest BCUT2D eigenvalue weighted by molar-refractivity contribution is 0.533. The lowest BCUT2D eigenvalue weighted by Gasteiger charge is -2.24. The first-order valence-electron chi connectivity index (χ1n) is 9.19. The predicted octanol–water partition coefficient (Wildman–Crippen LogP) is 2.61. The summed E-state index contributed by atoms with van der Waals surface area (Å²) < 4.78 is 0. The van der Waals surface area contributed by atoms with Gasteiger partial charge in [-0.2, -0.15) is 0 Å². The zero-order valence-corrected chi connectivity index (χ0v) is 15.1. The second-order valence-electron chi connectivity index (χ2n) is 7.45. The Hall–Kier alpha value is -2.76. The number of para-hydroxylation sites is 2. The zero-order chi connectivity index (χ0) is 17.7. The van der Waals surface area contributed by atoms with E-state index in [1.54, 1.807) is 6.33 Å². The fourth-order valence-corrected chi connectivity index (χ4v) is 4.30. The molecular weight excluding hydrogens is 324 g/mol. The first-order valence-corrected chi connectivity index (χ1v) is 9.19. The maximum atomic E-state index is 4.82. The van der Waals surface area contributed by atoms with E-state index in [4.69, 9.17) is 4.98 Å². The molecule has 3 aromatic rings. The highest BCUT2D eigenvalue weighted by molar-refractivity contribution is 5.75. The molecule has 2 atom stereocenters. The second-order valence-corrected chi connectivity index (χ2v) is 7.45. The van der Waals surface area contributed by atoms with Gasteiger partial charge < -0.3 is 9.80 Å². The molecule has 2 aliphatic rings. The largest absolute Gasteiger partial charge is 0.356 e. The van der Waals surface area contributed by atoms with Crippen molar-refractivity contribution in [3.8, 4) is 0 Å². The summed E-state index contributed by atoms with van der Waals surface area (Å²) in [6.45, 7) is 8.36. The monoisotopic (exact) mass is 346 g/mol. The highest BCUT2D eigenvalue weighted by atomic mass is 15.3. The van der Waals surface area contributed by atoms with Crippen LogP contribution in [-0.2, 0) is 0 Å².